The summed E-state index contributed by atoms with van der Waals surface area (Å²) in [4.78, 5) is 12.0. The maximum atomic E-state index is 12.0. The summed E-state index contributed by atoms with van der Waals surface area (Å²) in [5.74, 6) is -0.280. The molecule has 2 aromatic rings. The van der Waals surface area contributed by atoms with Crippen LogP contribution in [-0.2, 0) is 11.2 Å². The Morgan fingerprint density at radius 2 is 1.85 bits per heavy atom. The van der Waals surface area contributed by atoms with Crippen molar-refractivity contribution < 1.29 is 4.79 Å². The van der Waals surface area contributed by atoms with Gasteiger partial charge >= 0.3 is 0 Å². The zero-order chi connectivity index (χ0) is 14.5. The highest BCUT2D eigenvalue weighted by Gasteiger charge is 2.15. The van der Waals surface area contributed by atoms with E-state index in [4.69, 9.17) is 28.9 Å². The van der Waals surface area contributed by atoms with E-state index in [1.165, 1.54) is 0 Å². The van der Waals surface area contributed by atoms with Crippen LogP contribution in [0.25, 0.3) is 0 Å². The van der Waals surface area contributed by atoms with Crippen molar-refractivity contribution in [3.8, 4) is 0 Å². The van der Waals surface area contributed by atoms with Crippen LogP contribution in [0.15, 0.2) is 48.5 Å². The number of nitrogens with two attached hydrogens (primary N) is 1. The SMILES string of the molecule is N[C@H](Cc1ccccc1)C(=O)Nc1ccc(Cl)cc1Cl. The van der Waals surface area contributed by atoms with E-state index in [9.17, 15) is 4.79 Å². The number of hydrogen-bond donors (Lipinski definition) is 2. The smallest absolute Gasteiger partial charge is 0.241 e. The van der Waals surface area contributed by atoms with Crippen molar-refractivity contribution in [1.82, 2.24) is 0 Å². The number of hydrogen-bond acceptors (Lipinski definition) is 2. The standard InChI is InChI=1S/C15H14Cl2N2O/c16-11-6-7-14(12(17)9-11)19-15(20)13(18)8-10-4-2-1-3-5-10/h1-7,9,13H,8,18H2,(H,19,20)/t13-/m1/s1. The fraction of sp³-hybridized carbons (Fsp3) is 0.133. The second kappa shape index (κ2) is 6.75. The fourth-order valence-corrected chi connectivity index (χ4v) is 2.23. The van der Waals surface area contributed by atoms with Gasteiger partial charge in [-0.2, -0.15) is 0 Å². The van der Waals surface area contributed by atoms with Crippen LogP contribution < -0.4 is 11.1 Å². The molecule has 0 aliphatic heterocycles. The minimum absolute atomic E-state index is 0.280. The molecule has 0 fully saturated rings. The Bertz CT molecular complexity index is 602. The van der Waals surface area contributed by atoms with Crippen molar-refractivity contribution in [2.24, 2.45) is 5.73 Å². The van der Waals surface area contributed by atoms with Gasteiger partial charge in [-0.1, -0.05) is 53.5 Å². The molecule has 104 valence electrons. The fourth-order valence-electron chi connectivity index (χ4n) is 1.78. The molecule has 1 atom stereocenters. The van der Waals surface area contributed by atoms with Crippen molar-refractivity contribution in [2.45, 2.75) is 12.5 Å². The monoisotopic (exact) mass is 308 g/mol. The van der Waals surface area contributed by atoms with Gasteiger partial charge in [-0.3, -0.25) is 4.79 Å². The van der Waals surface area contributed by atoms with Crippen LogP contribution >= 0.6 is 23.2 Å². The van der Waals surface area contributed by atoms with E-state index in [0.29, 0.717) is 22.2 Å². The zero-order valence-corrected chi connectivity index (χ0v) is 12.2. The minimum Gasteiger partial charge on any atom is -0.323 e. The van der Waals surface area contributed by atoms with E-state index in [1.807, 2.05) is 30.3 Å². The Morgan fingerprint density at radius 1 is 1.15 bits per heavy atom. The molecule has 0 unspecified atom stereocenters. The van der Waals surface area contributed by atoms with Gasteiger partial charge in [-0.15, -0.1) is 0 Å². The molecular formula is C15H14Cl2N2O. The predicted molar refractivity (Wildman–Crippen MR) is 83.2 cm³/mol. The highest BCUT2D eigenvalue weighted by atomic mass is 35.5. The lowest BCUT2D eigenvalue weighted by atomic mass is 10.1. The largest absolute Gasteiger partial charge is 0.323 e. The van der Waals surface area contributed by atoms with Crippen molar-refractivity contribution >= 4 is 34.8 Å². The summed E-state index contributed by atoms with van der Waals surface area (Å²) >= 11 is 11.8. The first-order chi connectivity index (χ1) is 9.56. The van der Waals surface area contributed by atoms with Crippen molar-refractivity contribution in [3.63, 3.8) is 0 Å². The van der Waals surface area contributed by atoms with E-state index in [-0.39, 0.29) is 5.91 Å². The van der Waals surface area contributed by atoms with Crippen molar-refractivity contribution in [3.05, 3.63) is 64.1 Å². The number of halogens is 2. The lowest BCUT2D eigenvalue weighted by Crippen LogP contribution is -2.37. The first-order valence-electron chi connectivity index (χ1n) is 6.11. The van der Waals surface area contributed by atoms with Crippen LogP contribution in [0.3, 0.4) is 0 Å². The molecule has 3 nitrogen and oxygen atoms in total. The van der Waals surface area contributed by atoms with Gasteiger partial charge < -0.3 is 11.1 Å². The Labute approximate surface area is 127 Å². The van der Waals surface area contributed by atoms with Gasteiger partial charge in [0, 0.05) is 5.02 Å². The number of rotatable bonds is 4. The molecule has 20 heavy (non-hydrogen) atoms. The van der Waals surface area contributed by atoms with Gasteiger partial charge in [-0.05, 0) is 30.2 Å². The van der Waals surface area contributed by atoms with Crippen LogP contribution in [0.4, 0.5) is 5.69 Å². The highest BCUT2D eigenvalue weighted by molar-refractivity contribution is 6.36. The van der Waals surface area contributed by atoms with Crippen LogP contribution in [0.5, 0.6) is 0 Å². The molecule has 0 aliphatic carbocycles. The number of carbonyl (C=O) groups is 1. The molecular weight excluding hydrogens is 295 g/mol. The minimum atomic E-state index is -0.635. The Kier molecular flexibility index (Phi) is 5.01. The highest BCUT2D eigenvalue weighted by Crippen LogP contribution is 2.25. The third-order valence-electron chi connectivity index (χ3n) is 2.82. The Hall–Kier alpha value is -1.55. The zero-order valence-electron chi connectivity index (χ0n) is 10.6. The van der Waals surface area contributed by atoms with E-state index in [2.05, 4.69) is 5.32 Å². The molecule has 2 rings (SSSR count). The van der Waals surface area contributed by atoms with Gasteiger partial charge in [0.15, 0.2) is 0 Å². The lowest BCUT2D eigenvalue weighted by Gasteiger charge is -2.13. The maximum Gasteiger partial charge on any atom is 0.241 e. The first-order valence-corrected chi connectivity index (χ1v) is 6.87. The van der Waals surface area contributed by atoms with E-state index in [1.54, 1.807) is 18.2 Å². The average Bonchev–Trinajstić information content (AvgIpc) is 2.43. The van der Waals surface area contributed by atoms with E-state index < -0.39 is 6.04 Å². The topological polar surface area (TPSA) is 55.1 Å². The average molecular weight is 309 g/mol. The van der Waals surface area contributed by atoms with Gasteiger partial charge in [0.25, 0.3) is 0 Å². The summed E-state index contributed by atoms with van der Waals surface area (Å²) < 4.78 is 0. The first kappa shape index (κ1) is 14.9. The number of nitrogens with one attached hydrogen (secondary N) is 1. The Morgan fingerprint density at radius 3 is 2.50 bits per heavy atom. The summed E-state index contributed by atoms with van der Waals surface area (Å²) in [5, 5.41) is 3.61. The molecule has 3 N–H and O–H groups in total. The normalized spacial score (nSPS) is 11.9. The molecule has 0 aliphatic rings. The molecule has 0 bridgehead atoms. The van der Waals surface area contributed by atoms with E-state index in [0.717, 1.165) is 5.56 Å². The molecule has 0 heterocycles. The Balaban J connectivity index is 2.01. The number of anilines is 1. The van der Waals surface area contributed by atoms with Crippen molar-refractivity contribution in [2.75, 3.05) is 5.32 Å². The number of benzene rings is 2. The summed E-state index contributed by atoms with van der Waals surface area (Å²) in [6.45, 7) is 0. The number of carbonyl (C=O) groups excluding carboxylic acids is 1. The molecule has 1 amide bonds. The van der Waals surface area contributed by atoms with Crippen LogP contribution in [0, 0.1) is 0 Å². The molecule has 5 heteroatoms. The summed E-state index contributed by atoms with van der Waals surface area (Å²) in [6.07, 6.45) is 0.470. The number of amides is 1. The molecule has 0 saturated heterocycles. The van der Waals surface area contributed by atoms with Gasteiger partial charge in [0.05, 0.1) is 16.8 Å². The molecule has 0 spiro atoms. The van der Waals surface area contributed by atoms with Crippen LogP contribution in [0.1, 0.15) is 5.56 Å². The summed E-state index contributed by atoms with van der Waals surface area (Å²) in [6, 6.07) is 13.9. The van der Waals surface area contributed by atoms with Gasteiger partial charge in [-0.25, -0.2) is 0 Å². The third kappa shape index (κ3) is 3.97. The van der Waals surface area contributed by atoms with Crippen LogP contribution in [-0.4, -0.2) is 11.9 Å². The molecule has 0 radical (unpaired) electrons. The van der Waals surface area contributed by atoms with Crippen LogP contribution in [0.2, 0.25) is 10.0 Å². The summed E-state index contributed by atoms with van der Waals surface area (Å²) in [5.41, 5.74) is 7.41. The van der Waals surface area contributed by atoms with Crippen molar-refractivity contribution in [1.29, 1.82) is 0 Å². The maximum absolute atomic E-state index is 12.0. The second-order valence-corrected chi connectivity index (χ2v) is 5.25. The van der Waals surface area contributed by atoms with Gasteiger partial charge in [0.2, 0.25) is 5.91 Å². The van der Waals surface area contributed by atoms with E-state index >= 15 is 0 Å². The lowest BCUT2D eigenvalue weighted by molar-refractivity contribution is -0.117. The molecule has 2 aromatic carbocycles. The molecule has 0 aromatic heterocycles. The summed E-state index contributed by atoms with van der Waals surface area (Å²) in [7, 11) is 0. The molecule has 0 saturated carbocycles. The predicted octanol–water partition coefficient (Wildman–Crippen LogP) is 3.50. The quantitative estimate of drug-likeness (QED) is 0.908. The third-order valence-corrected chi connectivity index (χ3v) is 3.37. The van der Waals surface area contributed by atoms with Gasteiger partial charge in [0.1, 0.15) is 0 Å². The second-order valence-electron chi connectivity index (χ2n) is 4.41.